The molecule has 29 heavy (non-hydrogen) atoms. The van der Waals surface area contributed by atoms with Crippen molar-refractivity contribution in [2.45, 2.75) is 32.9 Å². The molecule has 0 aliphatic heterocycles. The predicted molar refractivity (Wildman–Crippen MR) is 106 cm³/mol. The van der Waals surface area contributed by atoms with Gasteiger partial charge in [-0.3, -0.25) is 13.9 Å². The van der Waals surface area contributed by atoms with Crippen molar-refractivity contribution < 1.29 is 8.91 Å². The molecule has 2 aromatic carbocycles. The highest BCUT2D eigenvalue weighted by Gasteiger charge is 2.16. The van der Waals surface area contributed by atoms with Crippen molar-refractivity contribution in [1.29, 1.82) is 0 Å². The van der Waals surface area contributed by atoms with Crippen LogP contribution in [0.3, 0.4) is 0 Å². The Hall–Kier alpha value is -3.55. The second-order valence-electron chi connectivity index (χ2n) is 6.71. The van der Waals surface area contributed by atoms with Gasteiger partial charge in [0.15, 0.2) is 0 Å². The molecule has 8 heteroatoms. The third-order valence-corrected chi connectivity index (χ3v) is 4.73. The van der Waals surface area contributed by atoms with Crippen LogP contribution in [-0.4, -0.2) is 19.3 Å². The summed E-state index contributed by atoms with van der Waals surface area (Å²) in [4.78, 5) is 30.1. The molecule has 0 N–H and O–H groups in total. The maximum atomic E-state index is 13.1. The van der Waals surface area contributed by atoms with Gasteiger partial charge in [-0.1, -0.05) is 30.6 Å². The first kappa shape index (κ1) is 18.8. The van der Waals surface area contributed by atoms with E-state index in [0.717, 1.165) is 12.8 Å². The largest absolute Gasteiger partial charge is 0.337 e. The van der Waals surface area contributed by atoms with Crippen LogP contribution in [0.15, 0.2) is 62.6 Å². The minimum atomic E-state index is -0.413. The van der Waals surface area contributed by atoms with Gasteiger partial charge >= 0.3 is 5.69 Å². The van der Waals surface area contributed by atoms with Gasteiger partial charge in [-0.15, -0.1) is 0 Å². The summed E-state index contributed by atoms with van der Waals surface area (Å²) in [6.07, 6.45) is 1.59. The number of halogens is 1. The lowest BCUT2D eigenvalue weighted by Crippen LogP contribution is -2.40. The predicted octanol–water partition coefficient (Wildman–Crippen LogP) is 3.20. The molecule has 0 atom stereocenters. The summed E-state index contributed by atoms with van der Waals surface area (Å²) in [5.74, 6) is 0.166. The van der Waals surface area contributed by atoms with Crippen LogP contribution in [0, 0.1) is 5.82 Å². The highest BCUT2D eigenvalue weighted by Crippen LogP contribution is 2.17. The Morgan fingerprint density at radius 3 is 2.55 bits per heavy atom. The van der Waals surface area contributed by atoms with E-state index in [-0.39, 0.29) is 23.8 Å². The van der Waals surface area contributed by atoms with Crippen molar-refractivity contribution in [2.75, 3.05) is 0 Å². The summed E-state index contributed by atoms with van der Waals surface area (Å²) in [6, 6.07) is 12.7. The van der Waals surface area contributed by atoms with E-state index in [4.69, 9.17) is 4.52 Å². The third-order valence-electron chi connectivity index (χ3n) is 4.73. The number of benzene rings is 2. The highest BCUT2D eigenvalue weighted by molar-refractivity contribution is 5.77. The summed E-state index contributed by atoms with van der Waals surface area (Å²) >= 11 is 0. The lowest BCUT2D eigenvalue weighted by molar-refractivity contribution is 0.369. The van der Waals surface area contributed by atoms with Gasteiger partial charge in [0.25, 0.3) is 5.56 Å². The van der Waals surface area contributed by atoms with Gasteiger partial charge in [0.2, 0.25) is 11.7 Å². The van der Waals surface area contributed by atoms with Gasteiger partial charge in [0, 0.05) is 12.1 Å². The van der Waals surface area contributed by atoms with Gasteiger partial charge in [-0.2, -0.15) is 4.98 Å². The number of rotatable bonds is 6. The fraction of sp³-hybridized carbons (Fsp3) is 0.238. The van der Waals surface area contributed by atoms with Gasteiger partial charge in [0.05, 0.1) is 10.9 Å². The summed E-state index contributed by atoms with van der Waals surface area (Å²) in [6.45, 7) is 2.38. The van der Waals surface area contributed by atoms with E-state index >= 15 is 0 Å². The van der Waals surface area contributed by atoms with Crippen LogP contribution < -0.4 is 11.2 Å². The van der Waals surface area contributed by atoms with Crippen molar-refractivity contribution >= 4 is 10.9 Å². The van der Waals surface area contributed by atoms with E-state index in [1.165, 1.54) is 21.3 Å². The average Bonchev–Trinajstić information content (AvgIpc) is 3.20. The van der Waals surface area contributed by atoms with Crippen LogP contribution in [0.2, 0.25) is 0 Å². The summed E-state index contributed by atoms with van der Waals surface area (Å²) in [7, 11) is 0. The molecule has 2 heterocycles. The topological polar surface area (TPSA) is 82.9 Å². The second-order valence-corrected chi connectivity index (χ2v) is 6.71. The fourth-order valence-corrected chi connectivity index (χ4v) is 3.21. The van der Waals surface area contributed by atoms with E-state index in [1.807, 2.05) is 6.92 Å². The number of para-hydroxylation sites is 1. The van der Waals surface area contributed by atoms with Gasteiger partial charge < -0.3 is 4.52 Å². The van der Waals surface area contributed by atoms with Crippen molar-refractivity contribution in [3.63, 3.8) is 0 Å². The Morgan fingerprint density at radius 2 is 1.79 bits per heavy atom. The molecule has 4 rings (SSSR count). The Morgan fingerprint density at radius 1 is 1.03 bits per heavy atom. The lowest BCUT2D eigenvalue weighted by atomic mass is 10.2. The van der Waals surface area contributed by atoms with E-state index in [2.05, 4.69) is 10.1 Å². The SMILES string of the molecule is CCCCn1c(=O)c2ccccc2n(Cc2nc(-c3ccc(F)cc3)no2)c1=O. The first-order valence-corrected chi connectivity index (χ1v) is 9.39. The number of hydrogen-bond acceptors (Lipinski definition) is 5. The van der Waals surface area contributed by atoms with Gasteiger partial charge in [-0.25, -0.2) is 9.18 Å². The van der Waals surface area contributed by atoms with Crippen LogP contribution in [-0.2, 0) is 13.1 Å². The Balaban J connectivity index is 1.77. The average molecular weight is 394 g/mol. The van der Waals surface area contributed by atoms with Crippen LogP contribution in [0.1, 0.15) is 25.7 Å². The fourth-order valence-electron chi connectivity index (χ4n) is 3.21. The molecule has 0 radical (unpaired) electrons. The zero-order chi connectivity index (χ0) is 20.4. The normalized spacial score (nSPS) is 11.2. The molecule has 2 aromatic heterocycles. The molecule has 0 fully saturated rings. The van der Waals surface area contributed by atoms with E-state index in [9.17, 15) is 14.0 Å². The van der Waals surface area contributed by atoms with Crippen molar-refractivity contribution in [3.8, 4) is 11.4 Å². The molecule has 7 nitrogen and oxygen atoms in total. The molecule has 148 valence electrons. The van der Waals surface area contributed by atoms with Crippen LogP contribution in [0.4, 0.5) is 4.39 Å². The van der Waals surface area contributed by atoms with E-state index in [0.29, 0.717) is 28.8 Å². The molecular formula is C21H19FN4O3. The summed E-state index contributed by atoms with van der Waals surface area (Å²) in [5.41, 5.74) is 0.403. The Bertz CT molecular complexity index is 1270. The first-order valence-electron chi connectivity index (χ1n) is 9.39. The number of nitrogens with zero attached hydrogens (tertiary/aromatic N) is 4. The smallest absolute Gasteiger partial charge is 0.331 e. The summed E-state index contributed by atoms with van der Waals surface area (Å²) in [5, 5.41) is 4.38. The molecule has 0 aliphatic rings. The van der Waals surface area contributed by atoms with Crippen molar-refractivity contribution in [2.24, 2.45) is 0 Å². The van der Waals surface area contributed by atoms with Gasteiger partial charge in [-0.05, 0) is 42.8 Å². The zero-order valence-corrected chi connectivity index (χ0v) is 15.8. The standard InChI is InChI=1S/C21H19FN4O3/c1-2-3-12-25-20(27)16-6-4-5-7-17(16)26(21(25)28)13-18-23-19(24-29-18)14-8-10-15(22)11-9-14/h4-11H,2-3,12-13H2,1H3. The molecule has 0 bridgehead atoms. The maximum absolute atomic E-state index is 13.1. The zero-order valence-electron chi connectivity index (χ0n) is 15.8. The number of unbranched alkanes of at least 4 members (excludes halogenated alkanes) is 1. The number of hydrogen-bond donors (Lipinski definition) is 0. The molecule has 0 saturated heterocycles. The van der Waals surface area contributed by atoms with Crippen LogP contribution in [0.25, 0.3) is 22.3 Å². The molecule has 0 unspecified atom stereocenters. The quantitative estimate of drug-likeness (QED) is 0.502. The molecular weight excluding hydrogens is 375 g/mol. The van der Waals surface area contributed by atoms with Crippen LogP contribution >= 0.6 is 0 Å². The first-order chi connectivity index (χ1) is 14.1. The van der Waals surface area contributed by atoms with Gasteiger partial charge in [0.1, 0.15) is 12.4 Å². The molecule has 0 spiro atoms. The monoisotopic (exact) mass is 394 g/mol. The lowest BCUT2D eigenvalue weighted by Gasteiger charge is -2.12. The molecule has 0 saturated carbocycles. The van der Waals surface area contributed by atoms with E-state index in [1.54, 1.807) is 36.4 Å². The minimum Gasteiger partial charge on any atom is -0.337 e. The van der Waals surface area contributed by atoms with Crippen LogP contribution in [0.5, 0.6) is 0 Å². The molecule has 4 aromatic rings. The van der Waals surface area contributed by atoms with Crippen molar-refractivity contribution in [3.05, 3.63) is 81.1 Å². The molecule has 0 amide bonds. The second kappa shape index (κ2) is 7.83. The Labute approximate surface area is 165 Å². The number of fused-ring (bicyclic) bond motifs is 1. The highest BCUT2D eigenvalue weighted by atomic mass is 19.1. The minimum absolute atomic E-state index is 0.0277. The van der Waals surface area contributed by atoms with E-state index < -0.39 is 5.69 Å². The third kappa shape index (κ3) is 3.61. The summed E-state index contributed by atoms with van der Waals surface area (Å²) < 4.78 is 21.1. The van der Waals surface area contributed by atoms with Crippen molar-refractivity contribution in [1.82, 2.24) is 19.3 Å². The molecule has 0 aliphatic carbocycles. The number of aromatic nitrogens is 4. The Kier molecular flexibility index (Phi) is 5.07. The maximum Gasteiger partial charge on any atom is 0.331 e.